The highest BCUT2D eigenvalue weighted by atomic mass is 32.1. The van der Waals surface area contributed by atoms with E-state index in [9.17, 15) is 4.39 Å². The predicted molar refractivity (Wildman–Crippen MR) is 82.8 cm³/mol. The van der Waals surface area contributed by atoms with Crippen molar-refractivity contribution in [3.8, 4) is 0 Å². The van der Waals surface area contributed by atoms with Gasteiger partial charge >= 0.3 is 0 Å². The van der Waals surface area contributed by atoms with Gasteiger partial charge in [-0.15, -0.1) is 11.3 Å². The zero-order chi connectivity index (χ0) is 14.1. The molecule has 0 bridgehead atoms. The lowest BCUT2D eigenvalue weighted by Crippen LogP contribution is -2.07. The Bertz CT molecular complexity index is 718. The molecule has 1 aromatic heterocycles. The van der Waals surface area contributed by atoms with E-state index < -0.39 is 0 Å². The molecule has 1 atom stereocenters. The lowest BCUT2D eigenvalue weighted by atomic mass is 10.2. The Morgan fingerprint density at radius 1 is 1.20 bits per heavy atom. The number of hydrogen-bond donors (Lipinski definition) is 1. The summed E-state index contributed by atoms with van der Waals surface area (Å²) in [7, 11) is 0. The van der Waals surface area contributed by atoms with Gasteiger partial charge in [-0.05, 0) is 49.7 Å². The Kier molecular flexibility index (Phi) is 3.40. The number of aromatic nitrogens is 1. The lowest BCUT2D eigenvalue weighted by Gasteiger charge is -2.14. The van der Waals surface area contributed by atoms with E-state index in [-0.39, 0.29) is 11.9 Å². The fourth-order valence-electron chi connectivity index (χ4n) is 2.16. The van der Waals surface area contributed by atoms with Crippen LogP contribution in [0.25, 0.3) is 10.2 Å². The maximum absolute atomic E-state index is 13.1. The first-order valence-electron chi connectivity index (χ1n) is 6.51. The zero-order valence-electron chi connectivity index (χ0n) is 11.4. The number of rotatable bonds is 3. The molecule has 3 rings (SSSR count). The van der Waals surface area contributed by atoms with Crippen molar-refractivity contribution < 1.29 is 4.39 Å². The molecule has 2 nitrogen and oxygen atoms in total. The third-order valence-corrected chi connectivity index (χ3v) is 4.46. The average molecular weight is 286 g/mol. The van der Waals surface area contributed by atoms with Gasteiger partial charge in [-0.3, -0.25) is 0 Å². The van der Waals surface area contributed by atoms with Crippen LogP contribution < -0.4 is 5.32 Å². The highest BCUT2D eigenvalue weighted by Crippen LogP contribution is 2.29. The summed E-state index contributed by atoms with van der Waals surface area (Å²) in [6.45, 7) is 3.97. The molecule has 0 fully saturated rings. The largest absolute Gasteiger partial charge is 0.376 e. The first kappa shape index (κ1) is 13.1. The Labute approximate surface area is 121 Å². The van der Waals surface area contributed by atoms with Crippen LogP contribution in [0.2, 0.25) is 0 Å². The van der Waals surface area contributed by atoms with Crippen molar-refractivity contribution in [1.29, 1.82) is 0 Å². The van der Waals surface area contributed by atoms with Crippen LogP contribution in [-0.4, -0.2) is 4.98 Å². The maximum Gasteiger partial charge on any atom is 0.123 e. The Hall–Kier alpha value is -1.94. The summed E-state index contributed by atoms with van der Waals surface area (Å²) in [6, 6.07) is 13.0. The van der Waals surface area contributed by atoms with Gasteiger partial charge in [0.1, 0.15) is 10.8 Å². The van der Waals surface area contributed by atoms with E-state index in [1.807, 2.05) is 25.1 Å². The normalized spacial score (nSPS) is 12.6. The van der Waals surface area contributed by atoms with Gasteiger partial charge in [-0.25, -0.2) is 9.37 Å². The summed E-state index contributed by atoms with van der Waals surface area (Å²) in [5.41, 5.74) is 2.87. The molecule has 0 saturated heterocycles. The third kappa shape index (κ3) is 2.51. The predicted octanol–water partition coefficient (Wildman–Crippen LogP) is 4.92. The Balaban J connectivity index is 1.86. The highest BCUT2D eigenvalue weighted by molar-refractivity contribution is 7.18. The molecule has 0 spiro atoms. The van der Waals surface area contributed by atoms with Crippen molar-refractivity contribution in [3.05, 3.63) is 58.9 Å². The highest BCUT2D eigenvalue weighted by Gasteiger charge is 2.12. The molecule has 0 aliphatic rings. The van der Waals surface area contributed by atoms with Crippen LogP contribution in [0.5, 0.6) is 0 Å². The minimum atomic E-state index is -0.208. The quantitative estimate of drug-likeness (QED) is 0.739. The monoisotopic (exact) mass is 286 g/mol. The van der Waals surface area contributed by atoms with E-state index in [1.54, 1.807) is 17.4 Å². The molecule has 3 aromatic rings. The molecule has 0 aliphatic heterocycles. The minimum Gasteiger partial charge on any atom is -0.376 e. The molecule has 2 aromatic carbocycles. The summed E-state index contributed by atoms with van der Waals surface area (Å²) in [5.74, 6) is -0.208. The summed E-state index contributed by atoms with van der Waals surface area (Å²) in [5, 5.41) is 4.43. The maximum atomic E-state index is 13.1. The topological polar surface area (TPSA) is 24.9 Å². The number of benzene rings is 2. The number of hydrogen-bond acceptors (Lipinski definition) is 3. The van der Waals surface area contributed by atoms with Gasteiger partial charge in [0.2, 0.25) is 0 Å². The number of para-hydroxylation sites is 1. The van der Waals surface area contributed by atoms with Gasteiger partial charge in [-0.1, -0.05) is 12.1 Å². The summed E-state index contributed by atoms with van der Waals surface area (Å²) in [4.78, 5) is 4.64. The van der Waals surface area contributed by atoms with Crippen LogP contribution in [0.15, 0.2) is 42.5 Å². The molecule has 0 saturated carbocycles. The average Bonchev–Trinajstić information content (AvgIpc) is 2.86. The molecule has 0 amide bonds. The van der Waals surface area contributed by atoms with Gasteiger partial charge in [0.25, 0.3) is 0 Å². The van der Waals surface area contributed by atoms with Crippen molar-refractivity contribution in [3.63, 3.8) is 0 Å². The van der Waals surface area contributed by atoms with E-state index in [1.165, 1.54) is 16.8 Å². The third-order valence-electron chi connectivity index (χ3n) is 3.24. The Morgan fingerprint density at radius 2 is 2.00 bits per heavy atom. The van der Waals surface area contributed by atoms with Gasteiger partial charge in [0, 0.05) is 5.69 Å². The number of nitrogens with zero attached hydrogens (tertiary/aromatic N) is 1. The molecule has 20 heavy (non-hydrogen) atoms. The second-order valence-electron chi connectivity index (χ2n) is 4.85. The molecule has 102 valence electrons. The molecule has 1 N–H and O–H groups in total. The number of thiazole rings is 1. The first-order chi connectivity index (χ1) is 9.63. The number of nitrogens with one attached hydrogen (secondary N) is 1. The van der Waals surface area contributed by atoms with Crippen molar-refractivity contribution in [2.75, 3.05) is 5.32 Å². The molecule has 0 radical (unpaired) electrons. The summed E-state index contributed by atoms with van der Waals surface area (Å²) < 4.78 is 14.3. The summed E-state index contributed by atoms with van der Waals surface area (Å²) >= 11 is 1.69. The zero-order valence-corrected chi connectivity index (χ0v) is 12.2. The van der Waals surface area contributed by atoms with Crippen LogP contribution in [0.3, 0.4) is 0 Å². The van der Waals surface area contributed by atoms with Gasteiger partial charge in [0.05, 0.1) is 16.3 Å². The number of fused-ring (bicyclic) bond motifs is 1. The smallest absolute Gasteiger partial charge is 0.123 e. The van der Waals surface area contributed by atoms with Crippen LogP contribution in [0, 0.1) is 12.7 Å². The molecule has 1 heterocycles. The fraction of sp³-hybridized carbons (Fsp3) is 0.188. The van der Waals surface area contributed by atoms with E-state index in [4.69, 9.17) is 0 Å². The standard InChI is InChI=1S/C16H15FN2S/c1-10-9-12(17)7-8-13(10)18-11(2)16-19-14-5-3-4-6-15(14)20-16/h3-9,11,18H,1-2H3. The Morgan fingerprint density at radius 3 is 2.75 bits per heavy atom. The SMILES string of the molecule is Cc1cc(F)ccc1NC(C)c1nc2ccccc2s1. The molecule has 0 aliphatic carbocycles. The van der Waals surface area contributed by atoms with E-state index >= 15 is 0 Å². The van der Waals surface area contributed by atoms with Crippen LogP contribution >= 0.6 is 11.3 Å². The molecule has 1 unspecified atom stereocenters. The molecule has 4 heteroatoms. The number of halogens is 1. The number of aryl methyl sites for hydroxylation is 1. The first-order valence-corrected chi connectivity index (χ1v) is 7.33. The van der Waals surface area contributed by atoms with Crippen molar-refractivity contribution in [2.24, 2.45) is 0 Å². The second-order valence-corrected chi connectivity index (χ2v) is 5.91. The second kappa shape index (κ2) is 5.21. The summed E-state index contributed by atoms with van der Waals surface area (Å²) in [6.07, 6.45) is 0. The van der Waals surface area contributed by atoms with E-state index in [2.05, 4.69) is 23.3 Å². The van der Waals surface area contributed by atoms with E-state index in [0.29, 0.717) is 0 Å². The van der Waals surface area contributed by atoms with Crippen LogP contribution in [0.4, 0.5) is 10.1 Å². The van der Waals surface area contributed by atoms with E-state index in [0.717, 1.165) is 21.8 Å². The fourth-order valence-corrected chi connectivity index (χ4v) is 3.13. The number of anilines is 1. The molecular weight excluding hydrogens is 271 g/mol. The molecular formula is C16H15FN2S. The van der Waals surface area contributed by atoms with Crippen molar-refractivity contribution in [2.45, 2.75) is 19.9 Å². The van der Waals surface area contributed by atoms with Crippen LogP contribution in [0.1, 0.15) is 23.5 Å². The van der Waals surface area contributed by atoms with Gasteiger partial charge < -0.3 is 5.32 Å². The van der Waals surface area contributed by atoms with Gasteiger partial charge in [-0.2, -0.15) is 0 Å². The minimum absolute atomic E-state index is 0.0940. The van der Waals surface area contributed by atoms with Crippen molar-refractivity contribution in [1.82, 2.24) is 4.98 Å². The lowest BCUT2D eigenvalue weighted by molar-refractivity contribution is 0.626. The van der Waals surface area contributed by atoms with Gasteiger partial charge in [0.15, 0.2) is 0 Å². The van der Waals surface area contributed by atoms with Crippen LogP contribution in [-0.2, 0) is 0 Å². The van der Waals surface area contributed by atoms with Crippen molar-refractivity contribution >= 4 is 27.2 Å².